The van der Waals surface area contributed by atoms with Crippen molar-refractivity contribution >= 4 is 7.60 Å². The van der Waals surface area contributed by atoms with Gasteiger partial charge < -0.3 is 9.05 Å². The van der Waals surface area contributed by atoms with Crippen molar-refractivity contribution in [3.8, 4) is 0 Å². The molecular weight excluding hydrogens is 367 g/mol. The molecule has 170 valence electrons. The Hall–Kier alpha value is 0.150. The number of hydrogen-bond donors (Lipinski definition) is 0. The van der Waals surface area contributed by atoms with Crippen LogP contribution in [0.5, 0.6) is 0 Å². The van der Waals surface area contributed by atoms with Crippen LogP contribution in [0.15, 0.2) is 0 Å². The molecule has 4 heteroatoms. The molecule has 0 saturated carbocycles. The minimum atomic E-state index is -2.87. The molecule has 0 fully saturated rings. The quantitative estimate of drug-likeness (QED) is 0.122. The predicted octanol–water partition coefficient (Wildman–Crippen LogP) is 9.29. The zero-order valence-electron chi connectivity index (χ0n) is 19.5. The first-order valence-corrected chi connectivity index (χ1v) is 14.3. The van der Waals surface area contributed by atoms with Crippen molar-refractivity contribution in [3.63, 3.8) is 0 Å². The van der Waals surface area contributed by atoms with E-state index in [1.807, 2.05) is 0 Å². The minimum Gasteiger partial charge on any atom is -0.309 e. The fraction of sp³-hybridized carbons (Fsp3) is 1.00. The molecule has 1 atom stereocenters. The van der Waals surface area contributed by atoms with Crippen molar-refractivity contribution < 1.29 is 13.6 Å². The second-order valence-electron chi connectivity index (χ2n) is 8.30. The fourth-order valence-corrected chi connectivity index (χ4v) is 5.25. The number of rotatable bonds is 23. The third-order valence-corrected chi connectivity index (χ3v) is 7.37. The van der Waals surface area contributed by atoms with Gasteiger partial charge in [0.2, 0.25) is 0 Å². The van der Waals surface area contributed by atoms with Crippen molar-refractivity contribution in [1.29, 1.82) is 0 Å². The topological polar surface area (TPSA) is 35.5 Å². The SMILES string of the molecule is CCCCCCCCCCCCCCOP(=O)(CCCC)OCCCCCC. The summed E-state index contributed by atoms with van der Waals surface area (Å²) in [5.74, 6) is 0. The average Bonchev–Trinajstić information content (AvgIpc) is 2.70. The number of unbranched alkanes of at least 4 members (excludes halogenated alkanes) is 15. The van der Waals surface area contributed by atoms with E-state index < -0.39 is 7.60 Å². The molecular formula is C24H51O3P. The highest BCUT2D eigenvalue weighted by Crippen LogP contribution is 2.49. The predicted molar refractivity (Wildman–Crippen MR) is 125 cm³/mol. The smallest absolute Gasteiger partial charge is 0.309 e. The Kier molecular flexibility index (Phi) is 22.0. The summed E-state index contributed by atoms with van der Waals surface area (Å²) in [5.41, 5.74) is 0. The summed E-state index contributed by atoms with van der Waals surface area (Å²) in [7, 11) is -2.87. The summed E-state index contributed by atoms with van der Waals surface area (Å²) >= 11 is 0. The molecule has 0 saturated heterocycles. The van der Waals surface area contributed by atoms with Gasteiger partial charge in [-0.2, -0.15) is 0 Å². The van der Waals surface area contributed by atoms with E-state index in [-0.39, 0.29) is 0 Å². The summed E-state index contributed by atoms with van der Waals surface area (Å²) in [5, 5.41) is 0. The van der Waals surface area contributed by atoms with Crippen LogP contribution in [0.25, 0.3) is 0 Å². The van der Waals surface area contributed by atoms with Gasteiger partial charge in [-0.3, -0.25) is 4.57 Å². The van der Waals surface area contributed by atoms with E-state index >= 15 is 0 Å². The van der Waals surface area contributed by atoms with Crippen LogP contribution < -0.4 is 0 Å². The molecule has 0 rings (SSSR count). The molecule has 0 N–H and O–H groups in total. The van der Waals surface area contributed by atoms with Gasteiger partial charge in [-0.05, 0) is 19.3 Å². The van der Waals surface area contributed by atoms with Gasteiger partial charge in [-0.1, -0.05) is 117 Å². The lowest BCUT2D eigenvalue weighted by molar-refractivity contribution is 0.197. The van der Waals surface area contributed by atoms with Gasteiger partial charge >= 0.3 is 7.60 Å². The maximum absolute atomic E-state index is 12.9. The Labute approximate surface area is 177 Å². The Morgan fingerprint density at radius 2 is 0.786 bits per heavy atom. The van der Waals surface area contributed by atoms with Crippen LogP contribution >= 0.6 is 7.60 Å². The van der Waals surface area contributed by atoms with Crippen molar-refractivity contribution in [2.45, 2.75) is 136 Å². The highest BCUT2D eigenvalue weighted by molar-refractivity contribution is 7.53. The van der Waals surface area contributed by atoms with Gasteiger partial charge in [0.25, 0.3) is 0 Å². The highest BCUT2D eigenvalue weighted by atomic mass is 31.2. The van der Waals surface area contributed by atoms with Crippen molar-refractivity contribution in [1.82, 2.24) is 0 Å². The zero-order chi connectivity index (χ0) is 20.8. The summed E-state index contributed by atoms with van der Waals surface area (Å²) in [6.07, 6.45) is 23.1. The van der Waals surface area contributed by atoms with Crippen LogP contribution in [0, 0.1) is 0 Å². The Bertz CT molecular complexity index is 347. The molecule has 1 unspecified atom stereocenters. The summed E-state index contributed by atoms with van der Waals surface area (Å²) in [6, 6.07) is 0. The van der Waals surface area contributed by atoms with Gasteiger partial charge in [0, 0.05) is 0 Å². The van der Waals surface area contributed by atoms with Crippen molar-refractivity contribution in [2.24, 2.45) is 0 Å². The van der Waals surface area contributed by atoms with Gasteiger partial charge in [0.05, 0.1) is 19.4 Å². The van der Waals surface area contributed by atoms with Gasteiger partial charge in [0.1, 0.15) is 0 Å². The van der Waals surface area contributed by atoms with Crippen LogP contribution in [-0.4, -0.2) is 19.4 Å². The van der Waals surface area contributed by atoms with E-state index in [0.29, 0.717) is 19.4 Å². The molecule has 28 heavy (non-hydrogen) atoms. The standard InChI is InChI=1S/C24H51O3P/c1-4-7-10-12-13-14-15-16-17-18-19-21-23-27-28(25,24-9-6-3)26-22-20-11-8-5-2/h4-24H2,1-3H3. The molecule has 0 bridgehead atoms. The first-order chi connectivity index (χ1) is 13.7. The van der Waals surface area contributed by atoms with Crippen LogP contribution in [0.2, 0.25) is 0 Å². The fourth-order valence-electron chi connectivity index (χ4n) is 3.40. The van der Waals surface area contributed by atoms with Crippen LogP contribution in [0.1, 0.15) is 136 Å². The normalized spacial score (nSPS) is 13.7. The molecule has 0 aromatic rings. The molecule has 0 heterocycles. The summed E-state index contributed by atoms with van der Waals surface area (Å²) in [6.45, 7) is 7.77. The largest absolute Gasteiger partial charge is 0.330 e. The van der Waals surface area contributed by atoms with Gasteiger partial charge in [-0.15, -0.1) is 0 Å². The molecule has 3 nitrogen and oxygen atoms in total. The zero-order valence-corrected chi connectivity index (χ0v) is 20.4. The highest BCUT2D eigenvalue weighted by Gasteiger charge is 2.23. The molecule has 0 amide bonds. The minimum absolute atomic E-state index is 0.579. The maximum atomic E-state index is 12.9. The van der Waals surface area contributed by atoms with Crippen molar-refractivity contribution in [3.05, 3.63) is 0 Å². The molecule has 0 aromatic carbocycles. The van der Waals surface area contributed by atoms with Gasteiger partial charge in [0.15, 0.2) is 0 Å². The lowest BCUT2D eigenvalue weighted by Gasteiger charge is -2.18. The van der Waals surface area contributed by atoms with E-state index in [2.05, 4.69) is 20.8 Å². The molecule has 0 spiro atoms. The molecule has 0 aliphatic rings. The molecule has 0 aromatic heterocycles. The second-order valence-corrected chi connectivity index (χ2v) is 10.5. The molecule has 0 radical (unpaired) electrons. The van der Waals surface area contributed by atoms with Crippen LogP contribution in [0.3, 0.4) is 0 Å². The Morgan fingerprint density at radius 3 is 1.18 bits per heavy atom. The van der Waals surface area contributed by atoms with Crippen LogP contribution in [-0.2, 0) is 13.6 Å². The van der Waals surface area contributed by atoms with E-state index in [1.165, 1.54) is 83.5 Å². The molecule has 0 aliphatic carbocycles. The first kappa shape index (κ1) is 28.1. The third kappa shape index (κ3) is 19.5. The lowest BCUT2D eigenvalue weighted by Crippen LogP contribution is -2.03. The van der Waals surface area contributed by atoms with Gasteiger partial charge in [-0.25, -0.2) is 0 Å². The van der Waals surface area contributed by atoms with Crippen LogP contribution in [0.4, 0.5) is 0 Å². The number of hydrogen-bond acceptors (Lipinski definition) is 3. The second kappa shape index (κ2) is 21.8. The van der Waals surface area contributed by atoms with E-state index in [0.717, 1.165) is 32.1 Å². The Balaban J connectivity index is 3.63. The van der Waals surface area contributed by atoms with E-state index in [1.54, 1.807) is 0 Å². The first-order valence-electron chi connectivity index (χ1n) is 12.6. The van der Waals surface area contributed by atoms with Crippen molar-refractivity contribution in [2.75, 3.05) is 19.4 Å². The average molecular weight is 419 g/mol. The monoisotopic (exact) mass is 418 g/mol. The molecule has 0 aliphatic heterocycles. The summed E-state index contributed by atoms with van der Waals surface area (Å²) < 4.78 is 24.3. The Morgan fingerprint density at radius 1 is 0.464 bits per heavy atom. The lowest BCUT2D eigenvalue weighted by atomic mass is 10.1. The van der Waals surface area contributed by atoms with E-state index in [9.17, 15) is 4.57 Å². The maximum Gasteiger partial charge on any atom is 0.330 e. The van der Waals surface area contributed by atoms with E-state index in [4.69, 9.17) is 9.05 Å². The summed E-state index contributed by atoms with van der Waals surface area (Å²) in [4.78, 5) is 0. The third-order valence-electron chi connectivity index (χ3n) is 5.36.